The number of carbonyl (C=O) groups is 1. The van der Waals surface area contributed by atoms with E-state index >= 15 is 0 Å². The molecule has 0 bridgehead atoms. The number of aromatic nitrogens is 6. The average molecular weight is 528 g/mol. The average Bonchev–Trinajstić information content (AvgIpc) is 3.28. The van der Waals surface area contributed by atoms with Crippen LogP contribution in [0.3, 0.4) is 0 Å². The first-order chi connectivity index (χ1) is 18.7. The molecular formula is C28H26FN7O3. The van der Waals surface area contributed by atoms with E-state index in [1.165, 1.54) is 22.2 Å². The molecule has 0 aliphatic carbocycles. The van der Waals surface area contributed by atoms with Gasteiger partial charge in [0.2, 0.25) is 5.91 Å². The van der Waals surface area contributed by atoms with E-state index < -0.39 is 23.2 Å². The summed E-state index contributed by atoms with van der Waals surface area (Å²) in [6.45, 7) is 4.96. The minimum absolute atomic E-state index is 0.0244. The third kappa shape index (κ3) is 4.74. The zero-order valence-electron chi connectivity index (χ0n) is 21.8. The highest BCUT2D eigenvalue weighted by Gasteiger charge is 2.25. The van der Waals surface area contributed by atoms with E-state index in [-0.39, 0.29) is 29.3 Å². The summed E-state index contributed by atoms with van der Waals surface area (Å²) in [5.41, 5.74) is 1.35. The second kappa shape index (κ2) is 10.1. The minimum Gasteiger partial charge on any atom is -0.310 e. The van der Waals surface area contributed by atoms with E-state index in [4.69, 9.17) is 0 Å². The second-order valence-corrected chi connectivity index (χ2v) is 9.29. The highest BCUT2D eigenvalue weighted by molar-refractivity contribution is 5.94. The number of imidazole rings is 1. The highest BCUT2D eigenvalue weighted by Crippen LogP contribution is 2.23. The number of halogens is 1. The van der Waals surface area contributed by atoms with Crippen LogP contribution in [0.5, 0.6) is 0 Å². The van der Waals surface area contributed by atoms with Gasteiger partial charge in [-0.25, -0.2) is 19.2 Å². The molecule has 0 aliphatic rings. The van der Waals surface area contributed by atoms with Gasteiger partial charge in [0, 0.05) is 18.8 Å². The Labute approximate surface area is 222 Å². The summed E-state index contributed by atoms with van der Waals surface area (Å²) in [5, 5.41) is 2.78. The molecule has 5 aromatic rings. The predicted octanol–water partition coefficient (Wildman–Crippen LogP) is 3.36. The van der Waals surface area contributed by atoms with E-state index in [0.29, 0.717) is 28.3 Å². The van der Waals surface area contributed by atoms with E-state index in [1.807, 2.05) is 0 Å². The van der Waals surface area contributed by atoms with Crippen molar-refractivity contribution in [2.24, 2.45) is 7.05 Å². The monoisotopic (exact) mass is 527 g/mol. The van der Waals surface area contributed by atoms with Crippen molar-refractivity contribution in [3.63, 3.8) is 0 Å². The lowest BCUT2D eigenvalue weighted by molar-refractivity contribution is -0.118. The van der Waals surface area contributed by atoms with Crippen LogP contribution in [-0.2, 0) is 18.4 Å². The largest absolute Gasteiger partial charge is 0.332 e. The van der Waals surface area contributed by atoms with Gasteiger partial charge in [0.05, 0.1) is 17.9 Å². The van der Waals surface area contributed by atoms with Gasteiger partial charge in [0.1, 0.15) is 23.5 Å². The number of hydrogen-bond acceptors (Lipinski definition) is 6. The maximum Gasteiger partial charge on any atom is 0.332 e. The lowest BCUT2D eigenvalue weighted by Gasteiger charge is -2.17. The van der Waals surface area contributed by atoms with E-state index in [9.17, 15) is 18.8 Å². The fourth-order valence-corrected chi connectivity index (χ4v) is 4.48. The topological polar surface area (TPSA) is 117 Å². The van der Waals surface area contributed by atoms with E-state index in [2.05, 4.69) is 20.3 Å². The summed E-state index contributed by atoms with van der Waals surface area (Å²) in [4.78, 5) is 53.0. The number of hydrogen-bond donors (Lipinski definition) is 1. The first kappa shape index (κ1) is 25.7. The van der Waals surface area contributed by atoms with Crippen molar-refractivity contribution in [1.29, 1.82) is 0 Å². The van der Waals surface area contributed by atoms with Gasteiger partial charge in [-0.05, 0) is 56.7 Å². The summed E-state index contributed by atoms with van der Waals surface area (Å²) in [6, 6.07) is 14.3. The van der Waals surface area contributed by atoms with Gasteiger partial charge in [0.25, 0.3) is 5.56 Å². The van der Waals surface area contributed by atoms with Gasteiger partial charge in [-0.3, -0.25) is 23.7 Å². The number of nitrogens with one attached hydrogen (secondary N) is 1. The first-order valence-electron chi connectivity index (χ1n) is 12.3. The summed E-state index contributed by atoms with van der Waals surface area (Å²) in [5.74, 6) is -0.121. The zero-order chi connectivity index (χ0) is 27.8. The molecular weight excluding hydrogens is 501 g/mol. The number of rotatable bonds is 6. The number of fused-ring (bicyclic) bond motifs is 1. The van der Waals surface area contributed by atoms with Crippen molar-refractivity contribution in [3.05, 3.63) is 105 Å². The van der Waals surface area contributed by atoms with Crippen LogP contribution >= 0.6 is 0 Å². The Morgan fingerprint density at radius 2 is 1.85 bits per heavy atom. The molecule has 4 heterocycles. The number of benzene rings is 1. The Balaban J connectivity index is 1.50. The Hall–Kier alpha value is -4.93. The summed E-state index contributed by atoms with van der Waals surface area (Å²) >= 11 is 0. The first-order valence-corrected chi connectivity index (χ1v) is 12.3. The van der Waals surface area contributed by atoms with Gasteiger partial charge in [-0.2, -0.15) is 0 Å². The number of carbonyl (C=O) groups excluding carboxylic acids is 1. The molecule has 198 valence electrons. The summed E-state index contributed by atoms with van der Waals surface area (Å²) in [7, 11) is 1.53. The molecule has 5 rings (SSSR count). The lowest BCUT2D eigenvalue weighted by atomic mass is 10.1. The molecule has 10 nitrogen and oxygen atoms in total. The fraction of sp³-hybridized carbons (Fsp3) is 0.214. The third-order valence-corrected chi connectivity index (χ3v) is 6.63. The molecule has 1 atom stereocenters. The van der Waals surface area contributed by atoms with Crippen molar-refractivity contribution in [1.82, 2.24) is 28.7 Å². The van der Waals surface area contributed by atoms with Gasteiger partial charge in [0.15, 0.2) is 11.2 Å². The molecule has 0 saturated heterocycles. The van der Waals surface area contributed by atoms with Gasteiger partial charge in [-0.1, -0.05) is 24.3 Å². The number of amides is 1. The van der Waals surface area contributed by atoms with Crippen molar-refractivity contribution >= 4 is 22.9 Å². The molecule has 0 radical (unpaired) electrons. The van der Waals surface area contributed by atoms with Gasteiger partial charge >= 0.3 is 5.69 Å². The molecule has 0 saturated carbocycles. The van der Waals surface area contributed by atoms with Crippen molar-refractivity contribution < 1.29 is 9.18 Å². The molecule has 0 fully saturated rings. The maximum absolute atomic E-state index is 14.1. The van der Waals surface area contributed by atoms with Crippen LogP contribution < -0.4 is 16.6 Å². The maximum atomic E-state index is 14.1. The molecule has 39 heavy (non-hydrogen) atoms. The Bertz CT molecular complexity index is 1840. The number of nitrogens with zero attached hydrogens (tertiary/aromatic N) is 6. The van der Waals surface area contributed by atoms with E-state index in [0.717, 1.165) is 4.57 Å². The quantitative estimate of drug-likeness (QED) is 0.362. The second-order valence-electron chi connectivity index (χ2n) is 9.29. The molecule has 1 aromatic carbocycles. The van der Waals surface area contributed by atoms with Gasteiger partial charge < -0.3 is 9.88 Å². The van der Waals surface area contributed by atoms with Crippen LogP contribution in [0.1, 0.15) is 30.0 Å². The van der Waals surface area contributed by atoms with Crippen LogP contribution in [0.2, 0.25) is 0 Å². The van der Waals surface area contributed by atoms with Crippen LogP contribution in [0.25, 0.3) is 22.4 Å². The third-order valence-electron chi connectivity index (χ3n) is 6.63. The Morgan fingerprint density at radius 1 is 1.05 bits per heavy atom. The van der Waals surface area contributed by atoms with Crippen LogP contribution in [0.4, 0.5) is 10.2 Å². The lowest BCUT2D eigenvalue weighted by Crippen LogP contribution is -2.40. The van der Waals surface area contributed by atoms with E-state index in [1.54, 1.807) is 75.5 Å². The van der Waals surface area contributed by atoms with Crippen molar-refractivity contribution in [3.8, 4) is 11.3 Å². The Kier molecular flexibility index (Phi) is 6.65. The highest BCUT2D eigenvalue weighted by atomic mass is 19.1. The van der Waals surface area contributed by atoms with Crippen LogP contribution in [0, 0.1) is 19.7 Å². The van der Waals surface area contributed by atoms with Crippen LogP contribution in [-0.4, -0.2) is 34.6 Å². The zero-order valence-corrected chi connectivity index (χ0v) is 21.8. The standard InChI is InChI=1S/C28H26FN7O3/c1-16-11-12-19(14-21(16)29)22-9-7-10-23(32-22)33-26(37)17(2)36-18(3)31-25-24(36)27(38)35(28(39)34(25)4)15-20-8-5-6-13-30-20/h5-14,17H,15H2,1-4H3,(H,32,33,37)/t17-/m0/s1. The molecule has 11 heteroatoms. The number of pyridine rings is 2. The Morgan fingerprint density at radius 3 is 2.56 bits per heavy atom. The van der Waals surface area contributed by atoms with Gasteiger partial charge in [-0.15, -0.1) is 0 Å². The molecule has 0 aliphatic heterocycles. The molecule has 1 N–H and O–H groups in total. The summed E-state index contributed by atoms with van der Waals surface area (Å²) < 4.78 is 18.0. The normalized spacial score (nSPS) is 12.0. The SMILES string of the molecule is Cc1ccc(-c2cccc(NC(=O)[C@H](C)n3c(C)nc4c3c(=O)n(Cc3ccccn3)c(=O)n4C)n2)cc1F. The predicted molar refractivity (Wildman–Crippen MR) is 145 cm³/mol. The van der Waals surface area contributed by atoms with Crippen molar-refractivity contribution in [2.45, 2.75) is 33.4 Å². The summed E-state index contributed by atoms with van der Waals surface area (Å²) in [6.07, 6.45) is 1.59. The van der Waals surface area contributed by atoms with Crippen molar-refractivity contribution in [2.75, 3.05) is 5.32 Å². The number of anilines is 1. The van der Waals surface area contributed by atoms with Crippen LogP contribution in [0.15, 0.2) is 70.4 Å². The molecule has 0 spiro atoms. The smallest absolute Gasteiger partial charge is 0.310 e. The molecule has 0 unspecified atom stereocenters. The molecule has 1 amide bonds. The molecule has 4 aromatic heterocycles. The fourth-order valence-electron chi connectivity index (χ4n) is 4.48. The number of aryl methyl sites for hydroxylation is 3. The minimum atomic E-state index is -0.870.